The molecule has 0 aromatic heterocycles. The van der Waals surface area contributed by atoms with E-state index in [0.29, 0.717) is 16.8 Å². The normalized spacial score (nSPS) is 12.9. The van der Waals surface area contributed by atoms with E-state index in [4.69, 9.17) is 11.6 Å². The molecule has 0 amide bonds. The van der Waals surface area contributed by atoms with Crippen molar-refractivity contribution in [2.24, 2.45) is 0 Å². The average molecular weight is 439 g/mol. The van der Waals surface area contributed by atoms with Gasteiger partial charge in [-0.15, -0.1) is 0 Å². The molecule has 0 bridgehead atoms. The minimum absolute atomic E-state index is 0.0445. The first kappa shape index (κ1) is 19.1. The molecule has 0 unspecified atom stereocenters. The van der Waals surface area contributed by atoms with Crippen molar-refractivity contribution in [3.05, 3.63) is 59.1 Å². The van der Waals surface area contributed by atoms with Gasteiger partial charge in [0.05, 0.1) is 10.6 Å². The van der Waals surface area contributed by atoms with Gasteiger partial charge in [0.1, 0.15) is 11.6 Å². The number of hydrogen-bond acceptors (Lipinski definition) is 2. The molecule has 0 spiro atoms. The van der Waals surface area contributed by atoms with Crippen LogP contribution < -0.4 is 4.31 Å². The second-order valence-corrected chi connectivity index (χ2v) is 8.22. The molecular weight excluding hydrogens is 424 g/mol. The highest BCUT2D eigenvalue weighted by molar-refractivity contribution is 9.09. The summed E-state index contributed by atoms with van der Waals surface area (Å²) in [7, 11) is -4.08. The van der Waals surface area contributed by atoms with E-state index in [2.05, 4.69) is 15.9 Å². The van der Waals surface area contributed by atoms with Crippen molar-refractivity contribution < 1.29 is 17.2 Å². The fraction of sp³-hybridized carbons (Fsp3) is 0.250. The maximum Gasteiger partial charge on any atom is 0.264 e. The molecule has 130 valence electrons. The summed E-state index contributed by atoms with van der Waals surface area (Å²) in [6.07, 6.45) is 0.419. The van der Waals surface area contributed by atoms with Gasteiger partial charge in [0.15, 0.2) is 0 Å². The van der Waals surface area contributed by atoms with Gasteiger partial charge in [-0.2, -0.15) is 0 Å². The van der Waals surface area contributed by atoms with E-state index in [0.717, 1.165) is 22.5 Å². The van der Waals surface area contributed by atoms with Crippen LogP contribution in [0.1, 0.15) is 13.3 Å². The van der Waals surface area contributed by atoms with Crippen LogP contribution in [0.5, 0.6) is 0 Å². The number of rotatable bonds is 6. The van der Waals surface area contributed by atoms with Crippen molar-refractivity contribution in [1.82, 2.24) is 0 Å². The molecule has 0 heterocycles. The average Bonchev–Trinajstić information content (AvgIpc) is 2.51. The topological polar surface area (TPSA) is 37.4 Å². The molecule has 0 radical (unpaired) electrons. The van der Waals surface area contributed by atoms with Crippen LogP contribution in [0.3, 0.4) is 0 Å². The highest BCUT2D eigenvalue weighted by Gasteiger charge is 2.31. The van der Waals surface area contributed by atoms with Crippen molar-refractivity contribution in [2.75, 3.05) is 9.64 Å². The Hall–Kier alpha value is -1.18. The van der Waals surface area contributed by atoms with E-state index >= 15 is 0 Å². The first-order chi connectivity index (χ1) is 11.3. The van der Waals surface area contributed by atoms with Crippen LogP contribution >= 0.6 is 27.5 Å². The molecule has 0 N–H and O–H groups in total. The van der Waals surface area contributed by atoms with E-state index in [1.165, 1.54) is 24.3 Å². The van der Waals surface area contributed by atoms with E-state index in [1.807, 2.05) is 0 Å². The molecule has 8 heteroatoms. The predicted octanol–water partition coefficient (Wildman–Crippen LogP) is 4.99. The van der Waals surface area contributed by atoms with Crippen molar-refractivity contribution in [2.45, 2.75) is 24.3 Å². The number of hydrogen-bond donors (Lipinski definition) is 0. The van der Waals surface area contributed by atoms with Crippen LogP contribution in [0.15, 0.2) is 47.4 Å². The molecule has 0 saturated carbocycles. The molecular formula is C16H15BrClF2NO2S. The lowest BCUT2D eigenvalue weighted by Crippen LogP contribution is -2.39. The zero-order chi connectivity index (χ0) is 17.9. The summed E-state index contributed by atoms with van der Waals surface area (Å²) in [6, 6.07) is 7.70. The van der Waals surface area contributed by atoms with Crippen LogP contribution in [0, 0.1) is 11.6 Å². The summed E-state index contributed by atoms with van der Waals surface area (Å²) in [5, 5.41) is 0.892. The van der Waals surface area contributed by atoms with Crippen molar-refractivity contribution in [1.29, 1.82) is 0 Å². The van der Waals surface area contributed by atoms with Crippen LogP contribution in [-0.4, -0.2) is 19.8 Å². The smallest absolute Gasteiger partial charge is 0.260 e. The molecule has 24 heavy (non-hydrogen) atoms. The van der Waals surface area contributed by atoms with Gasteiger partial charge in [-0.1, -0.05) is 27.5 Å². The minimum Gasteiger partial charge on any atom is -0.260 e. The first-order valence-electron chi connectivity index (χ1n) is 7.08. The lowest BCUT2D eigenvalue weighted by atomic mass is 10.2. The Kier molecular flexibility index (Phi) is 6.22. The summed E-state index contributed by atoms with van der Waals surface area (Å²) in [6.45, 7) is 1.64. The second kappa shape index (κ2) is 7.80. The Morgan fingerprint density at radius 3 is 2.38 bits per heavy atom. The maximum absolute atomic E-state index is 14.2. The fourth-order valence-electron chi connectivity index (χ4n) is 2.25. The third-order valence-corrected chi connectivity index (χ3v) is 6.10. The number of sulfonamides is 1. The van der Waals surface area contributed by atoms with Gasteiger partial charge in [-0.05, 0) is 49.7 Å². The van der Waals surface area contributed by atoms with Gasteiger partial charge in [-0.25, -0.2) is 17.2 Å². The lowest BCUT2D eigenvalue weighted by molar-refractivity contribution is 0.564. The standard InChI is InChI=1S/C16H15BrClF2NO2S/c1-11(8-9-17)21(16-10-13(19)4-7-15(16)20)24(22,23)14-5-2-12(18)3-6-14/h2-7,10-11H,8-9H2,1H3/t11-/m1/s1. The number of benzene rings is 2. The SMILES string of the molecule is C[C@H](CCBr)N(c1cc(F)ccc1F)S(=O)(=O)c1ccc(Cl)cc1. The van der Waals surface area contributed by atoms with Crippen LogP contribution in [0.2, 0.25) is 5.02 Å². The van der Waals surface area contributed by atoms with Gasteiger partial charge in [0.2, 0.25) is 0 Å². The Balaban J connectivity index is 2.61. The van der Waals surface area contributed by atoms with E-state index < -0.39 is 27.7 Å². The summed E-state index contributed by atoms with van der Waals surface area (Å²) < 4.78 is 54.7. The quantitative estimate of drug-likeness (QED) is 0.596. The molecule has 0 fully saturated rings. The van der Waals surface area contributed by atoms with Crippen LogP contribution in [0.25, 0.3) is 0 Å². The van der Waals surface area contributed by atoms with Gasteiger partial charge in [0.25, 0.3) is 10.0 Å². The van der Waals surface area contributed by atoms with Crippen LogP contribution in [-0.2, 0) is 10.0 Å². The van der Waals surface area contributed by atoms with E-state index in [1.54, 1.807) is 6.92 Å². The van der Waals surface area contributed by atoms with E-state index in [9.17, 15) is 17.2 Å². The van der Waals surface area contributed by atoms with Gasteiger partial charge >= 0.3 is 0 Å². The maximum atomic E-state index is 14.2. The molecule has 2 rings (SSSR count). The monoisotopic (exact) mass is 437 g/mol. The van der Waals surface area contributed by atoms with Crippen LogP contribution in [0.4, 0.5) is 14.5 Å². The zero-order valence-electron chi connectivity index (χ0n) is 12.7. The molecule has 3 nitrogen and oxygen atoms in total. The third kappa shape index (κ3) is 4.07. The summed E-state index contributed by atoms with van der Waals surface area (Å²) in [5.74, 6) is -1.52. The molecule has 0 aliphatic carbocycles. The molecule has 0 aliphatic heterocycles. The van der Waals surface area contributed by atoms with Gasteiger partial charge in [-0.3, -0.25) is 4.31 Å². The second-order valence-electron chi connectivity index (χ2n) is 5.18. The summed E-state index contributed by atoms with van der Waals surface area (Å²) >= 11 is 9.04. The number of nitrogens with zero attached hydrogens (tertiary/aromatic N) is 1. The third-order valence-electron chi connectivity index (χ3n) is 3.44. The summed E-state index contributed by atoms with van der Waals surface area (Å²) in [4.78, 5) is -0.0445. The minimum atomic E-state index is -4.08. The highest BCUT2D eigenvalue weighted by atomic mass is 79.9. The molecule has 0 aliphatic rings. The van der Waals surface area contributed by atoms with E-state index in [-0.39, 0.29) is 10.6 Å². The van der Waals surface area contributed by atoms with Crippen molar-refractivity contribution in [3.63, 3.8) is 0 Å². The van der Waals surface area contributed by atoms with Crippen molar-refractivity contribution in [3.8, 4) is 0 Å². The predicted molar refractivity (Wildman–Crippen MR) is 95.3 cm³/mol. The molecule has 2 aromatic rings. The zero-order valence-corrected chi connectivity index (χ0v) is 15.9. The number of halogens is 4. The number of anilines is 1. The summed E-state index contributed by atoms with van der Waals surface area (Å²) in [5.41, 5.74) is -0.321. The molecule has 0 saturated heterocycles. The Morgan fingerprint density at radius 1 is 1.17 bits per heavy atom. The Morgan fingerprint density at radius 2 is 1.79 bits per heavy atom. The number of alkyl halides is 1. The molecule has 2 aromatic carbocycles. The van der Waals surface area contributed by atoms with Gasteiger partial charge < -0.3 is 0 Å². The van der Waals surface area contributed by atoms with Gasteiger partial charge in [0, 0.05) is 22.5 Å². The van der Waals surface area contributed by atoms with Crippen molar-refractivity contribution >= 4 is 43.2 Å². The molecule has 1 atom stereocenters. The Labute approximate surface area is 153 Å². The largest absolute Gasteiger partial charge is 0.264 e. The highest BCUT2D eigenvalue weighted by Crippen LogP contribution is 2.31. The Bertz CT molecular complexity index is 815. The first-order valence-corrected chi connectivity index (χ1v) is 10.0. The lowest BCUT2D eigenvalue weighted by Gasteiger charge is -2.30. The fourth-order valence-corrected chi connectivity index (χ4v) is 4.73.